The first-order valence-electron chi connectivity index (χ1n) is 8.90. The molecule has 5 rings (SSSR count). The zero-order valence-corrected chi connectivity index (χ0v) is 14.5. The van der Waals surface area contributed by atoms with E-state index in [1.807, 2.05) is 13.1 Å². The third kappa shape index (κ3) is 2.31. The molecule has 2 heterocycles. The van der Waals surface area contributed by atoms with Crippen molar-refractivity contribution in [1.29, 1.82) is 0 Å². The number of aryl methyl sites for hydroxylation is 1. The van der Waals surface area contributed by atoms with Gasteiger partial charge in [-0.05, 0) is 49.1 Å². The number of carboxylic acid groups (broad SMARTS) is 1. The molecule has 1 saturated carbocycles. The molecule has 130 valence electrons. The van der Waals surface area contributed by atoms with Gasteiger partial charge in [-0.2, -0.15) is 0 Å². The molecule has 5 nitrogen and oxygen atoms in total. The summed E-state index contributed by atoms with van der Waals surface area (Å²) in [5, 5.41) is 10.5. The van der Waals surface area contributed by atoms with Crippen molar-refractivity contribution in [2.24, 2.45) is 13.0 Å². The number of benzene rings is 2. The number of imidazole rings is 1. The Morgan fingerprint density at radius 1 is 1.15 bits per heavy atom. The van der Waals surface area contributed by atoms with Crippen molar-refractivity contribution >= 4 is 27.9 Å². The van der Waals surface area contributed by atoms with Gasteiger partial charge in [-0.1, -0.05) is 18.2 Å². The first-order valence-corrected chi connectivity index (χ1v) is 8.90. The van der Waals surface area contributed by atoms with Gasteiger partial charge in [-0.3, -0.25) is 0 Å². The van der Waals surface area contributed by atoms with Crippen LogP contribution in [0.4, 0.5) is 0 Å². The second-order valence-electron chi connectivity index (χ2n) is 7.15. The molecule has 0 aliphatic heterocycles. The summed E-state index contributed by atoms with van der Waals surface area (Å²) in [5.74, 6) is 0.694. The summed E-state index contributed by atoms with van der Waals surface area (Å²) in [6.45, 7) is 1.01. The fraction of sp³-hybridized carbons (Fsp3) is 0.238. The van der Waals surface area contributed by atoms with Crippen LogP contribution in [-0.4, -0.2) is 25.2 Å². The maximum absolute atomic E-state index is 11.3. The fourth-order valence-corrected chi connectivity index (χ4v) is 3.71. The normalized spacial score (nSPS) is 14.3. The SMILES string of the molecule is Cn1c(-c2cc3ccccc3n2CC2CC2)nc2cc(C(=O)O)ccc21. The fourth-order valence-electron chi connectivity index (χ4n) is 3.71. The highest BCUT2D eigenvalue weighted by atomic mass is 16.4. The van der Waals surface area contributed by atoms with Gasteiger partial charge in [0.25, 0.3) is 0 Å². The Morgan fingerprint density at radius 2 is 1.96 bits per heavy atom. The standard InChI is InChI=1S/C21H19N3O2/c1-23-18-9-8-15(21(25)26)10-16(18)22-20(23)19-11-14-4-2-3-5-17(14)24(19)12-13-6-7-13/h2-5,8-11,13H,6-7,12H2,1H3,(H,25,26). The molecule has 2 aromatic carbocycles. The molecule has 0 radical (unpaired) electrons. The number of carboxylic acids is 1. The number of carbonyl (C=O) groups is 1. The lowest BCUT2D eigenvalue weighted by molar-refractivity contribution is 0.0697. The summed E-state index contributed by atoms with van der Waals surface area (Å²) in [6.07, 6.45) is 2.58. The van der Waals surface area contributed by atoms with Crippen LogP contribution in [0.15, 0.2) is 48.5 Å². The molecule has 0 unspecified atom stereocenters. The minimum Gasteiger partial charge on any atom is -0.478 e. The van der Waals surface area contributed by atoms with E-state index in [1.165, 1.54) is 23.7 Å². The molecule has 1 N–H and O–H groups in total. The Labute approximate surface area is 150 Å². The van der Waals surface area contributed by atoms with Gasteiger partial charge < -0.3 is 14.2 Å². The minimum absolute atomic E-state index is 0.265. The largest absolute Gasteiger partial charge is 0.478 e. The van der Waals surface area contributed by atoms with Gasteiger partial charge in [0.1, 0.15) is 0 Å². The van der Waals surface area contributed by atoms with Gasteiger partial charge in [-0.25, -0.2) is 9.78 Å². The van der Waals surface area contributed by atoms with E-state index in [2.05, 4.69) is 39.5 Å². The summed E-state index contributed by atoms with van der Waals surface area (Å²) in [4.78, 5) is 16.1. The molecular weight excluding hydrogens is 326 g/mol. The average molecular weight is 345 g/mol. The molecule has 0 bridgehead atoms. The van der Waals surface area contributed by atoms with Crippen molar-refractivity contribution in [3.63, 3.8) is 0 Å². The number of para-hydroxylation sites is 1. The maximum atomic E-state index is 11.3. The van der Waals surface area contributed by atoms with Gasteiger partial charge in [0.15, 0.2) is 5.82 Å². The Kier molecular flexibility index (Phi) is 3.19. The molecule has 26 heavy (non-hydrogen) atoms. The van der Waals surface area contributed by atoms with Gasteiger partial charge in [0, 0.05) is 24.5 Å². The zero-order valence-electron chi connectivity index (χ0n) is 14.5. The van der Waals surface area contributed by atoms with Crippen molar-refractivity contribution in [1.82, 2.24) is 14.1 Å². The summed E-state index contributed by atoms with van der Waals surface area (Å²) in [5.41, 5.74) is 4.24. The van der Waals surface area contributed by atoms with Crippen LogP contribution < -0.4 is 0 Å². The summed E-state index contributed by atoms with van der Waals surface area (Å²) in [7, 11) is 1.99. The van der Waals surface area contributed by atoms with E-state index < -0.39 is 5.97 Å². The number of hydrogen-bond donors (Lipinski definition) is 1. The van der Waals surface area contributed by atoms with Crippen LogP contribution in [0.5, 0.6) is 0 Å². The number of nitrogens with zero attached hydrogens (tertiary/aromatic N) is 3. The Morgan fingerprint density at radius 3 is 2.73 bits per heavy atom. The number of aromatic carboxylic acids is 1. The van der Waals surface area contributed by atoms with Gasteiger partial charge in [0.2, 0.25) is 0 Å². The topological polar surface area (TPSA) is 60.0 Å². The summed E-state index contributed by atoms with van der Waals surface area (Å²) in [6, 6.07) is 15.7. The van der Waals surface area contributed by atoms with E-state index in [9.17, 15) is 9.90 Å². The lowest BCUT2D eigenvalue weighted by Crippen LogP contribution is -2.04. The van der Waals surface area contributed by atoms with E-state index in [0.29, 0.717) is 5.52 Å². The van der Waals surface area contributed by atoms with E-state index in [-0.39, 0.29) is 5.56 Å². The van der Waals surface area contributed by atoms with Crippen LogP contribution >= 0.6 is 0 Å². The molecule has 2 aromatic heterocycles. The van der Waals surface area contributed by atoms with Crippen LogP contribution in [0.1, 0.15) is 23.2 Å². The first kappa shape index (κ1) is 15.2. The lowest BCUT2D eigenvalue weighted by atomic mass is 10.2. The highest BCUT2D eigenvalue weighted by molar-refractivity contribution is 5.94. The predicted octanol–water partition coefficient (Wildman–Crippen LogP) is 4.30. The van der Waals surface area contributed by atoms with Crippen molar-refractivity contribution in [3.05, 3.63) is 54.1 Å². The predicted molar refractivity (Wildman–Crippen MR) is 101 cm³/mol. The maximum Gasteiger partial charge on any atom is 0.335 e. The summed E-state index contributed by atoms with van der Waals surface area (Å²) < 4.78 is 4.42. The molecule has 4 aromatic rings. The molecule has 1 aliphatic carbocycles. The van der Waals surface area contributed by atoms with E-state index in [0.717, 1.165) is 29.5 Å². The minimum atomic E-state index is -0.929. The summed E-state index contributed by atoms with van der Waals surface area (Å²) >= 11 is 0. The smallest absolute Gasteiger partial charge is 0.335 e. The van der Waals surface area contributed by atoms with Crippen LogP contribution in [0.3, 0.4) is 0 Å². The van der Waals surface area contributed by atoms with Gasteiger partial charge >= 0.3 is 5.97 Å². The molecule has 0 amide bonds. The monoisotopic (exact) mass is 345 g/mol. The lowest BCUT2D eigenvalue weighted by Gasteiger charge is -2.10. The number of fused-ring (bicyclic) bond motifs is 2. The van der Waals surface area contributed by atoms with E-state index in [4.69, 9.17) is 4.98 Å². The molecule has 0 saturated heterocycles. The third-order valence-corrected chi connectivity index (χ3v) is 5.31. The number of aromatic nitrogens is 3. The highest BCUT2D eigenvalue weighted by Gasteiger charge is 2.25. The third-order valence-electron chi connectivity index (χ3n) is 5.31. The van der Waals surface area contributed by atoms with Crippen LogP contribution in [-0.2, 0) is 13.6 Å². The Bertz CT molecular complexity index is 1160. The van der Waals surface area contributed by atoms with Crippen molar-refractivity contribution in [2.75, 3.05) is 0 Å². The second-order valence-corrected chi connectivity index (χ2v) is 7.15. The molecule has 1 aliphatic rings. The van der Waals surface area contributed by atoms with Crippen LogP contribution in [0.2, 0.25) is 0 Å². The van der Waals surface area contributed by atoms with Crippen molar-refractivity contribution < 1.29 is 9.90 Å². The second kappa shape index (κ2) is 5.46. The Balaban J connectivity index is 1.74. The van der Waals surface area contributed by atoms with Crippen molar-refractivity contribution in [3.8, 4) is 11.5 Å². The molecule has 0 atom stereocenters. The average Bonchev–Trinajstić information content (AvgIpc) is 3.31. The zero-order chi connectivity index (χ0) is 17.8. The molecule has 1 fully saturated rings. The van der Waals surface area contributed by atoms with Crippen LogP contribution in [0.25, 0.3) is 33.5 Å². The number of rotatable bonds is 4. The molecule has 5 heteroatoms. The quantitative estimate of drug-likeness (QED) is 0.600. The van der Waals surface area contributed by atoms with E-state index >= 15 is 0 Å². The number of hydrogen-bond acceptors (Lipinski definition) is 2. The molecular formula is C21H19N3O2. The van der Waals surface area contributed by atoms with Crippen LogP contribution in [0, 0.1) is 5.92 Å². The first-order chi connectivity index (χ1) is 12.6. The molecule has 0 spiro atoms. The van der Waals surface area contributed by atoms with Gasteiger partial charge in [-0.15, -0.1) is 0 Å². The highest BCUT2D eigenvalue weighted by Crippen LogP contribution is 2.36. The Hall–Kier alpha value is -3.08. The van der Waals surface area contributed by atoms with Gasteiger partial charge in [0.05, 0.1) is 22.3 Å². The van der Waals surface area contributed by atoms with E-state index in [1.54, 1.807) is 12.1 Å². The van der Waals surface area contributed by atoms with Crippen molar-refractivity contribution in [2.45, 2.75) is 19.4 Å².